The van der Waals surface area contributed by atoms with E-state index in [0.29, 0.717) is 0 Å². The molecule has 2 atom stereocenters. The number of hydrogen-bond acceptors (Lipinski definition) is 4. The van der Waals surface area contributed by atoms with Crippen molar-refractivity contribution in [3.63, 3.8) is 0 Å². The number of aryl methyl sites for hydroxylation is 1. The summed E-state index contributed by atoms with van der Waals surface area (Å²) in [5, 5.41) is 2.69. The van der Waals surface area contributed by atoms with Crippen LogP contribution in [0.1, 0.15) is 23.8 Å². The van der Waals surface area contributed by atoms with Crippen LogP contribution in [0.25, 0.3) is 0 Å². The van der Waals surface area contributed by atoms with Crippen molar-refractivity contribution in [1.82, 2.24) is 4.98 Å². The van der Waals surface area contributed by atoms with Crippen LogP contribution >= 0.6 is 11.3 Å². The number of hydrogen-bond donors (Lipinski definition) is 0. The van der Waals surface area contributed by atoms with Crippen LogP contribution in [0.2, 0.25) is 0 Å². The summed E-state index contributed by atoms with van der Waals surface area (Å²) in [5.41, 5.74) is 1.79. The van der Waals surface area contributed by atoms with Gasteiger partial charge in [-0.1, -0.05) is 18.2 Å². The standard InChI is InChI=1S/C18H16N2O2S/c1-12-11-23-18(19-12)20(13-6-3-2-4-7-13)17(21)15-10-14(15)16-8-5-9-22-16/h2-9,11,14-15H,10H2,1H3/t14-,15-/m0/s1. The lowest BCUT2D eigenvalue weighted by Gasteiger charge is -2.20. The Morgan fingerprint density at radius 2 is 2.09 bits per heavy atom. The molecule has 1 aromatic carbocycles. The van der Waals surface area contributed by atoms with Crippen molar-refractivity contribution in [3.8, 4) is 0 Å². The molecule has 5 heteroatoms. The van der Waals surface area contributed by atoms with Gasteiger partial charge in [0.15, 0.2) is 5.13 Å². The second-order valence-electron chi connectivity index (χ2n) is 5.74. The molecule has 0 radical (unpaired) electrons. The lowest BCUT2D eigenvalue weighted by Crippen LogP contribution is -2.27. The Bertz CT molecular complexity index is 811. The van der Waals surface area contributed by atoms with Crippen molar-refractivity contribution >= 4 is 28.1 Å². The highest BCUT2D eigenvalue weighted by Crippen LogP contribution is 2.50. The number of amides is 1. The second-order valence-corrected chi connectivity index (χ2v) is 6.58. The van der Waals surface area contributed by atoms with Gasteiger partial charge >= 0.3 is 0 Å². The maximum absolute atomic E-state index is 13.1. The summed E-state index contributed by atoms with van der Waals surface area (Å²) in [6.45, 7) is 1.94. The fourth-order valence-electron chi connectivity index (χ4n) is 2.80. The molecule has 0 aliphatic heterocycles. The number of carbonyl (C=O) groups excluding carboxylic acids is 1. The molecule has 4 nitrogen and oxygen atoms in total. The van der Waals surface area contributed by atoms with Crippen LogP contribution in [-0.2, 0) is 4.79 Å². The van der Waals surface area contributed by atoms with Gasteiger partial charge in [-0.25, -0.2) is 4.98 Å². The summed E-state index contributed by atoms with van der Waals surface area (Å²) in [4.78, 5) is 19.3. The average molecular weight is 324 g/mol. The van der Waals surface area contributed by atoms with E-state index in [9.17, 15) is 4.79 Å². The first-order chi connectivity index (χ1) is 11.2. The SMILES string of the molecule is Cc1csc(N(C(=O)[C@H]2C[C@@H]2c2ccco2)c2ccccc2)n1. The lowest BCUT2D eigenvalue weighted by atomic mass is 10.2. The summed E-state index contributed by atoms with van der Waals surface area (Å²) in [5.74, 6) is 1.13. The highest BCUT2D eigenvalue weighted by molar-refractivity contribution is 7.14. The first kappa shape index (κ1) is 14.2. The Hall–Kier alpha value is -2.40. The Kier molecular flexibility index (Phi) is 3.50. The van der Waals surface area contributed by atoms with E-state index >= 15 is 0 Å². The highest BCUT2D eigenvalue weighted by Gasteiger charge is 2.48. The third-order valence-electron chi connectivity index (χ3n) is 4.05. The van der Waals surface area contributed by atoms with Crippen molar-refractivity contribution in [2.24, 2.45) is 5.92 Å². The van der Waals surface area contributed by atoms with Crippen molar-refractivity contribution < 1.29 is 9.21 Å². The third kappa shape index (κ3) is 2.68. The summed E-state index contributed by atoms with van der Waals surface area (Å²) in [7, 11) is 0. The Morgan fingerprint density at radius 1 is 1.26 bits per heavy atom. The topological polar surface area (TPSA) is 46.3 Å². The van der Waals surface area contributed by atoms with Crippen LogP contribution in [0.15, 0.2) is 58.5 Å². The molecule has 0 bridgehead atoms. The second kappa shape index (κ2) is 5.66. The molecule has 2 heterocycles. The van der Waals surface area contributed by atoms with Gasteiger partial charge < -0.3 is 4.42 Å². The first-order valence-electron chi connectivity index (χ1n) is 7.58. The van der Waals surface area contributed by atoms with E-state index in [2.05, 4.69) is 4.98 Å². The van der Waals surface area contributed by atoms with Crippen LogP contribution < -0.4 is 4.90 Å². The van der Waals surface area contributed by atoms with Crippen LogP contribution in [0.4, 0.5) is 10.8 Å². The Balaban J connectivity index is 1.65. The summed E-state index contributed by atoms with van der Waals surface area (Å²) in [6, 6.07) is 13.5. The van der Waals surface area contributed by atoms with Gasteiger partial charge in [-0.2, -0.15) is 0 Å². The largest absolute Gasteiger partial charge is 0.469 e. The fourth-order valence-corrected chi connectivity index (χ4v) is 3.63. The number of thiazole rings is 1. The molecule has 0 saturated heterocycles. The summed E-state index contributed by atoms with van der Waals surface area (Å²) < 4.78 is 5.45. The molecule has 1 aliphatic rings. The normalized spacial score (nSPS) is 19.5. The van der Waals surface area contributed by atoms with E-state index in [1.807, 2.05) is 54.8 Å². The van der Waals surface area contributed by atoms with E-state index in [1.165, 1.54) is 11.3 Å². The summed E-state index contributed by atoms with van der Waals surface area (Å²) in [6.07, 6.45) is 2.49. The predicted molar refractivity (Wildman–Crippen MR) is 90.0 cm³/mol. The number of furan rings is 1. The number of anilines is 2. The van der Waals surface area contributed by atoms with Gasteiger partial charge in [0.05, 0.1) is 17.6 Å². The van der Waals surface area contributed by atoms with Gasteiger partial charge in [0.1, 0.15) is 5.76 Å². The number of carbonyl (C=O) groups is 1. The number of rotatable bonds is 4. The van der Waals surface area contributed by atoms with Gasteiger partial charge in [0.25, 0.3) is 0 Å². The minimum Gasteiger partial charge on any atom is -0.469 e. The van der Waals surface area contributed by atoms with Crippen LogP contribution in [0.3, 0.4) is 0 Å². The zero-order valence-electron chi connectivity index (χ0n) is 12.7. The zero-order valence-corrected chi connectivity index (χ0v) is 13.5. The van der Waals surface area contributed by atoms with E-state index in [0.717, 1.165) is 28.7 Å². The van der Waals surface area contributed by atoms with Crippen molar-refractivity contribution in [2.45, 2.75) is 19.3 Å². The van der Waals surface area contributed by atoms with Crippen LogP contribution in [0, 0.1) is 12.8 Å². The molecule has 1 fully saturated rings. The van der Waals surface area contributed by atoms with Crippen molar-refractivity contribution in [1.29, 1.82) is 0 Å². The lowest BCUT2D eigenvalue weighted by molar-refractivity contribution is -0.119. The zero-order chi connectivity index (χ0) is 15.8. The van der Waals surface area contributed by atoms with Gasteiger partial charge in [-0.05, 0) is 37.6 Å². The first-order valence-corrected chi connectivity index (χ1v) is 8.46. The molecule has 2 aromatic heterocycles. The van der Waals surface area contributed by atoms with Gasteiger partial charge in [-0.15, -0.1) is 11.3 Å². The molecule has 23 heavy (non-hydrogen) atoms. The monoisotopic (exact) mass is 324 g/mol. The third-order valence-corrected chi connectivity index (χ3v) is 4.99. The predicted octanol–water partition coefficient (Wildman–Crippen LogP) is 4.51. The fraction of sp³-hybridized carbons (Fsp3) is 0.222. The minimum atomic E-state index is -0.0365. The van der Waals surface area contributed by atoms with Gasteiger partial charge in [0.2, 0.25) is 5.91 Å². The molecule has 3 aromatic rings. The molecule has 4 rings (SSSR count). The molecule has 116 valence electrons. The molecular weight excluding hydrogens is 308 g/mol. The van der Waals surface area contributed by atoms with E-state index in [-0.39, 0.29) is 17.7 Å². The molecule has 1 aliphatic carbocycles. The van der Waals surface area contributed by atoms with E-state index in [4.69, 9.17) is 4.42 Å². The molecule has 0 N–H and O–H groups in total. The molecule has 0 spiro atoms. The quantitative estimate of drug-likeness (QED) is 0.709. The van der Waals surface area contributed by atoms with Gasteiger partial charge in [-0.3, -0.25) is 9.69 Å². The van der Waals surface area contributed by atoms with E-state index in [1.54, 1.807) is 11.2 Å². The number of nitrogens with zero attached hydrogens (tertiary/aromatic N) is 2. The minimum absolute atomic E-state index is 0.0365. The highest BCUT2D eigenvalue weighted by atomic mass is 32.1. The molecule has 0 unspecified atom stereocenters. The number of aromatic nitrogens is 1. The van der Waals surface area contributed by atoms with Crippen molar-refractivity contribution in [2.75, 3.05) is 4.90 Å². The number of para-hydroxylation sites is 1. The Labute approximate surface area is 138 Å². The van der Waals surface area contributed by atoms with Crippen molar-refractivity contribution in [3.05, 3.63) is 65.6 Å². The molecule has 1 saturated carbocycles. The van der Waals surface area contributed by atoms with Gasteiger partial charge in [0, 0.05) is 17.2 Å². The average Bonchev–Trinajstić information content (AvgIpc) is 2.96. The van der Waals surface area contributed by atoms with Crippen LogP contribution in [0.5, 0.6) is 0 Å². The maximum atomic E-state index is 13.1. The maximum Gasteiger partial charge on any atom is 0.237 e. The Morgan fingerprint density at radius 3 is 2.74 bits per heavy atom. The number of benzene rings is 1. The molecule has 1 amide bonds. The van der Waals surface area contributed by atoms with Crippen LogP contribution in [-0.4, -0.2) is 10.9 Å². The summed E-state index contributed by atoms with van der Waals surface area (Å²) >= 11 is 1.50. The van der Waals surface area contributed by atoms with E-state index < -0.39 is 0 Å². The smallest absolute Gasteiger partial charge is 0.237 e. The molecular formula is C18H16N2O2S.